The van der Waals surface area contributed by atoms with Crippen molar-refractivity contribution in [1.29, 1.82) is 0 Å². The molecule has 2 heterocycles. The van der Waals surface area contributed by atoms with Gasteiger partial charge in [-0.25, -0.2) is 4.98 Å². The predicted octanol–water partition coefficient (Wildman–Crippen LogP) is 13.7. The summed E-state index contributed by atoms with van der Waals surface area (Å²) in [4.78, 5) is 21.4. The molecule has 0 atom stereocenters. The molecule has 4 aromatic rings. The molecule has 4 nitrogen and oxygen atoms in total. The minimum atomic E-state index is -1.85. The average molecular weight is 994 g/mol. The maximum absolute atomic E-state index is 11.7. The van der Waals surface area contributed by atoms with Crippen LogP contribution in [-0.2, 0) is 24.9 Å². The summed E-state index contributed by atoms with van der Waals surface area (Å²) < 4.78 is 11.4. The van der Waals surface area contributed by atoms with Crippen molar-refractivity contribution in [1.82, 2.24) is 9.97 Å². The van der Waals surface area contributed by atoms with E-state index in [4.69, 9.17) is 11.3 Å². The van der Waals surface area contributed by atoms with Crippen LogP contribution in [0.4, 0.5) is 0 Å². The Hall–Kier alpha value is -1.97. The normalized spacial score (nSPS) is 13.0. The Morgan fingerprint density at radius 2 is 1.36 bits per heavy atom. The number of carbonyl (C=O) groups excluding carboxylic acids is 1. The summed E-state index contributed by atoms with van der Waals surface area (Å²) in [6, 6.07) is 20.0. The van der Waals surface area contributed by atoms with Gasteiger partial charge in [0.15, 0.2) is 5.78 Å². The van der Waals surface area contributed by atoms with E-state index in [0.717, 1.165) is 52.5 Å². The zero-order valence-electron chi connectivity index (χ0n) is 38.6. The van der Waals surface area contributed by atoms with Gasteiger partial charge in [0.1, 0.15) is 15.7 Å². The van der Waals surface area contributed by atoms with Crippen molar-refractivity contribution in [2.75, 3.05) is 0 Å². The van der Waals surface area contributed by atoms with Crippen molar-refractivity contribution < 1.29 is 31.4 Å². The SMILES string of the molecule is CCC(CC)C(=O)/C=C(\O)C(CC)CC.[2H]c1nc(-c2[c-]c3ccccc3c([Si](C)(C)CC(C)C)c2)c2sc([Si](CC(C)C)(CC(C)C)CC(C)C)c(C)c2n1.[Ir]. The summed E-state index contributed by atoms with van der Waals surface area (Å²) >= 11 is 1.96. The zero-order chi connectivity index (χ0) is 42.1. The second-order valence-electron chi connectivity index (χ2n) is 18.6. The van der Waals surface area contributed by atoms with Crippen molar-refractivity contribution in [3.05, 3.63) is 60.1 Å². The first-order valence-corrected chi connectivity index (χ1v) is 28.1. The Bertz CT molecular complexity index is 1900. The van der Waals surface area contributed by atoms with Gasteiger partial charge < -0.3 is 5.11 Å². The molecule has 1 N–H and O–H groups in total. The number of benzene rings is 2. The minimum Gasteiger partial charge on any atom is -0.512 e. The van der Waals surface area contributed by atoms with Crippen LogP contribution in [-0.4, -0.2) is 37.0 Å². The van der Waals surface area contributed by atoms with Gasteiger partial charge in [0.25, 0.3) is 0 Å². The second kappa shape index (κ2) is 22.4. The van der Waals surface area contributed by atoms with Gasteiger partial charge in [0.2, 0.25) is 0 Å². The number of aliphatic hydroxyl groups excluding tert-OH is 1. The Morgan fingerprint density at radius 1 is 0.839 bits per heavy atom. The predicted molar refractivity (Wildman–Crippen MR) is 249 cm³/mol. The zero-order valence-corrected chi connectivity index (χ0v) is 42.8. The van der Waals surface area contributed by atoms with Crippen LogP contribution in [0.25, 0.3) is 32.2 Å². The molecule has 0 aliphatic heterocycles. The molecule has 1 radical (unpaired) electrons. The van der Waals surface area contributed by atoms with Gasteiger partial charge in [0, 0.05) is 48.4 Å². The molecule has 0 amide bonds. The maximum Gasteiger partial charge on any atom is 0.162 e. The third-order valence-electron chi connectivity index (χ3n) is 11.3. The number of aryl methyl sites for hydroxylation is 1. The second-order valence-corrected chi connectivity index (χ2v) is 29.0. The molecule has 0 spiro atoms. The molecule has 0 fully saturated rings. The van der Waals surface area contributed by atoms with Gasteiger partial charge in [0.05, 0.1) is 19.3 Å². The van der Waals surface area contributed by atoms with Gasteiger partial charge in [-0.15, -0.1) is 40.1 Å². The fraction of sp³-hybridized carbons (Fsp3) is 0.604. The standard InChI is InChI=1S/C35H51N2SSi2.C13H24O2.Ir/c1-23(2)18-39(10,11)31-17-29(16-28-14-12-13-15-30(28)31)33-34-32(36-22-37-33)27(9)35(38-34)40(19-24(3)4,20-25(5)6)21-26(7)8;1-5-10(6-2)12(14)9-13(15)11(7-3)8-4;/h12-15,17,22-26H,18-21H2,1-11H3;9-11,14H,5-8H2,1-4H3;/q-1;;/b;12-9-;/i22D;;. The van der Waals surface area contributed by atoms with Gasteiger partial charge in [-0.3, -0.25) is 9.78 Å². The van der Waals surface area contributed by atoms with Crippen LogP contribution in [0, 0.1) is 48.5 Å². The summed E-state index contributed by atoms with van der Waals surface area (Å²) in [6.07, 6.45) is 5.02. The van der Waals surface area contributed by atoms with Gasteiger partial charge in [-0.1, -0.05) is 150 Å². The van der Waals surface area contributed by atoms with Crippen LogP contribution in [0.15, 0.2) is 48.5 Å². The number of aromatic nitrogens is 2. The molecule has 0 aliphatic carbocycles. The van der Waals surface area contributed by atoms with E-state index in [1.807, 2.05) is 39.0 Å². The number of hydrogen-bond acceptors (Lipinski definition) is 5. The molecule has 313 valence electrons. The monoisotopic (exact) mass is 993 g/mol. The molecule has 2 aromatic heterocycles. The van der Waals surface area contributed by atoms with E-state index in [2.05, 4.69) is 112 Å². The van der Waals surface area contributed by atoms with Crippen LogP contribution in [0.2, 0.25) is 37.3 Å². The van der Waals surface area contributed by atoms with Gasteiger partial charge >= 0.3 is 0 Å². The number of fused-ring (bicyclic) bond motifs is 2. The molecule has 0 saturated heterocycles. The van der Waals surface area contributed by atoms with E-state index in [-0.39, 0.29) is 49.8 Å². The number of rotatable bonds is 18. The number of aliphatic hydroxyl groups is 1. The van der Waals surface area contributed by atoms with Crippen LogP contribution < -0.4 is 9.69 Å². The van der Waals surface area contributed by atoms with Crippen molar-refractivity contribution in [2.45, 2.75) is 153 Å². The number of ketones is 1. The van der Waals surface area contributed by atoms with E-state index in [0.29, 0.717) is 23.7 Å². The number of allylic oxidation sites excluding steroid dienone is 2. The number of hydrogen-bond donors (Lipinski definition) is 1. The molecule has 56 heavy (non-hydrogen) atoms. The van der Waals surface area contributed by atoms with E-state index in [9.17, 15) is 9.90 Å². The summed E-state index contributed by atoms with van der Waals surface area (Å²) in [5.41, 5.74) is 4.24. The van der Waals surface area contributed by atoms with E-state index in [1.54, 1.807) is 4.50 Å². The third kappa shape index (κ3) is 12.8. The Morgan fingerprint density at radius 3 is 1.86 bits per heavy atom. The summed E-state index contributed by atoms with van der Waals surface area (Å²) in [5.74, 6) is 3.17. The van der Waals surface area contributed by atoms with Crippen molar-refractivity contribution >= 4 is 63.9 Å². The number of carbonyl (C=O) groups is 1. The van der Waals surface area contributed by atoms with Crippen molar-refractivity contribution in [2.24, 2.45) is 35.5 Å². The Labute approximate surface area is 363 Å². The number of nitrogens with zero attached hydrogens (tertiary/aromatic N) is 2. The van der Waals surface area contributed by atoms with Crippen LogP contribution >= 0.6 is 11.3 Å². The molecule has 8 heteroatoms. The van der Waals surface area contributed by atoms with Crippen LogP contribution in [0.1, 0.15) is 116 Å². The van der Waals surface area contributed by atoms with Gasteiger partial charge in [-0.05, 0) is 66.3 Å². The molecule has 4 rings (SSSR count). The number of thiophene rings is 1. The van der Waals surface area contributed by atoms with Gasteiger partial charge in [-0.2, -0.15) is 0 Å². The Kier molecular flexibility index (Phi) is 19.4. The molecule has 0 saturated carbocycles. The molecular weight excluding hydrogens is 917 g/mol. The average Bonchev–Trinajstić information content (AvgIpc) is 3.43. The molecule has 2 aromatic carbocycles. The maximum atomic E-state index is 11.7. The fourth-order valence-electron chi connectivity index (χ4n) is 9.36. The van der Waals surface area contributed by atoms with Crippen LogP contribution in [0.5, 0.6) is 0 Å². The van der Waals surface area contributed by atoms with Crippen molar-refractivity contribution in [3.63, 3.8) is 0 Å². The summed E-state index contributed by atoms with van der Waals surface area (Å²) in [6.45, 7) is 34.4. The van der Waals surface area contributed by atoms with E-state index in [1.165, 1.54) is 46.4 Å². The first-order valence-electron chi connectivity index (χ1n) is 21.9. The van der Waals surface area contributed by atoms with Crippen LogP contribution in [0.3, 0.4) is 0 Å². The topological polar surface area (TPSA) is 63.1 Å². The molecule has 0 unspecified atom stereocenters. The third-order valence-corrected chi connectivity index (χ3v) is 23.8. The smallest absolute Gasteiger partial charge is 0.162 e. The quantitative estimate of drug-likeness (QED) is 0.0467. The minimum absolute atomic E-state index is 0. The first kappa shape index (κ1) is 48.4. The Balaban J connectivity index is 0.000000596. The molecule has 0 bridgehead atoms. The molecular formula is C48H75IrN2O2SSi2-. The largest absolute Gasteiger partial charge is 0.512 e. The fourth-order valence-corrected chi connectivity index (χ4v) is 22.7. The van der Waals surface area contributed by atoms with E-state index < -0.39 is 16.1 Å². The van der Waals surface area contributed by atoms with E-state index >= 15 is 0 Å². The molecule has 0 aliphatic rings. The van der Waals surface area contributed by atoms with Crippen molar-refractivity contribution in [3.8, 4) is 11.3 Å². The first-order chi connectivity index (χ1) is 26.2. The summed E-state index contributed by atoms with van der Waals surface area (Å²) in [5, 5.41) is 13.7. The summed E-state index contributed by atoms with van der Waals surface area (Å²) in [7, 11) is -3.59.